The van der Waals surface area contributed by atoms with E-state index in [4.69, 9.17) is 21.8 Å². The average molecular weight is 368 g/mol. The van der Waals surface area contributed by atoms with Crippen LogP contribution in [0.2, 0.25) is 0 Å². The lowest BCUT2D eigenvalue weighted by molar-refractivity contribution is -0.100. The fourth-order valence-corrected chi connectivity index (χ4v) is 3.53. The minimum absolute atomic E-state index is 0.369. The Morgan fingerprint density at radius 1 is 1.37 bits per heavy atom. The predicted octanol–water partition coefficient (Wildman–Crippen LogP) is 2.99. The zero-order chi connectivity index (χ0) is 19.2. The molecule has 0 unspecified atom stereocenters. The van der Waals surface area contributed by atoms with Crippen LogP contribution in [-0.4, -0.2) is 40.3 Å². The van der Waals surface area contributed by atoms with Crippen LogP contribution in [0, 0.1) is 12.5 Å². The smallest absolute Gasteiger partial charge is 0.175 e. The van der Waals surface area contributed by atoms with Crippen molar-refractivity contribution in [3.05, 3.63) is 41.9 Å². The van der Waals surface area contributed by atoms with Gasteiger partial charge in [-0.25, -0.2) is 14.8 Å². The summed E-state index contributed by atoms with van der Waals surface area (Å²) >= 11 is 0. The molecule has 27 heavy (non-hydrogen) atoms. The standard InChI is InChI=1S/C19H24N6O2/c1-21-10-16(13-6-4-5-7-13)25-11-14(9-24-25)18-15(8-17(26-2)27-3)19(20)23-12-22-18/h9-13,17H,4-8H2,2-3H3,(H2,20,22,23)/b16-10-. The van der Waals surface area contributed by atoms with Crippen molar-refractivity contribution in [3.8, 4) is 11.3 Å². The van der Waals surface area contributed by atoms with Crippen LogP contribution in [0.1, 0.15) is 31.2 Å². The highest BCUT2D eigenvalue weighted by molar-refractivity contribution is 5.67. The highest BCUT2D eigenvalue weighted by atomic mass is 16.7. The molecule has 0 spiro atoms. The topological polar surface area (TPSA) is 92.4 Å². The summed E-state index contributed by atoms with van der Waals surface area (Å²) in [5.41, 5.74) is 9.29. The summed E-state index contributed by atoms with van der Waals surface area (Å²) in [4.78, 5) is 12.0. The Morgan fingerprint density at radius 3 is 2.78 bits per heavy atom. The van der Waals surface area contributed by atoms with Crippen LogP contribution in [-0.2, 0) is 15.9 Å². The molecule has 1 saturated carbocycles. The molecule has 2 aromatic rings. The SMILES string of the molecule is [C-]#[N+]/C=C(/C1CCCC1)n1cc(-c2ncnc(N)c2CC(OC)OC)cn1. The highest BCUT2D eigenvalue weighted by Gasteiger charge is 2.22. The molecule has 8 heteroatoms. The van der Waals surface area contributed by atoms with Crippen molar-refractivity contribution >= 4 is 11.5 Å². The number of nitrogen functional groups attached to an aromatic ring is 1. The van der Waals surface area contributed by atoms with Crippen LogP contribution in [0.3, 0.4) is 0 Å². The third kappa shape index (κ3) is 4.15. The number of nitrogens with two attached hydrogens (primary N) is 1. The van der Waals surface area contributed by atoms with Gasteiger partial charge in [-0.2, -0.15) is 5.10 Å². The lowest BCUT2D eigenvalue weighted by atomic mass is 10.0. The van der Waals surface area contributed by atoms with Crippen molar-refractivity contribution in [1.29, 1.82) is 0 Å². The second kappa shape index (κ2) is 8.75. The Balaban J connectivity index is 1.95. The Morgan fingerprint density at radius 2 is 2.11 bits per heavy atom. The van der Waals surface area contributed by atoms with Gasteiger partial charge in [-0.15, -0.1) is 0 Å². The number of methoxy groups -OCH3 is 2. The molecule has 142 valence electrons. The molecule has 0 aromatic carbocycles. The molecule has 2 N–H and O–H groups in total. The maximum absolute atomic E-state index is 7.24. The summed E-state index contributed by atoms with van der Waals surface area (Å²) in [6, 6.07) is 0. The first-order valence-electron chi connectivity index (χ1n) is 8.94. The van der Waals surface area contributed by atoms with E-state index in [1.807, 2.05) is 6.20 Å². The Kier molecular flexibility index (Phi) is 6.16. The van der Waals surface area contributed by atoms with Gasteiger partial charge in [-0.05, 0) is 18.8 Å². The Bertz CT molecular complexity index is 844. The number of anilines is 1. The van der Waals surface area contributed by atoms with Gasteiger partial charge >= 0.3 is 0 Å². The van der Waals surface area contributed by atoms with Crippen LogP contribution in [0.5, 0.6) is 0 Å². The van der Waals surface area contributed by atoms with Crippen LogP contribution < -0.4 is 5.73 Å². The molecule has 0 aliphatic heterocycles. The maximum atomic E-state index is 7.24. The molecule has 8 nitrogen and oxygen atoms in total. The lowest BCUT2D eigenvalue weighted by Crippen LogP contribution is -2.18. The van der Waals surface area contributed by atoms with E-state index in [0.717, 1.165) is 29.7 Å². The van der Waals surface area contributed by atoms with Gasteiger partial charge in [0, 0.05) is 43.7 Å². The van der Waals surface area contributed by atoms with E-state index in [9.17, 15) is 0 Å². The van der Waals surface area contributed by atoms with E-state index in [-0.39, 0.29) is 0 Å². The van der Waals surface area contributed by atoms with Gasteiger partial charge < -0.3 is 15.2 Å². The normalized spacial score (nSPS) is 15.4. The van der Waals surface area contributed by atoms with Gasteiger partial charge in [0.2, 0.25) is 0 Å². The van der Waals surface area contributed by atoms with Gasteiger partial charge in [-0.3, -0.25) is 4.68 Å². The van der Waals surface area contributed by atoms with Crippen molar-refractivity contribution in [2.45, 2.75) is 38.4 Å². The summed E-state index contributed by atoms with van der Waals surface area (Å²) in [6.07, 6.45) is 11.2. The Labute approximate surface area is 158 Å². The summed E-state index contributed by atoms with van der Waals surface area (Å²) in [5.74, 6) is 0.757. The number of aromatic nitrogens is 4. The predicted molar refractivity (Wildman–Crippen MR) is 102 cm³/mol. The number of hydrogen-bond acceptors (Lipinski definition) is 6. The first-order valence-corrected chi connectivity index (χ1v) is 8.94. The quantitative estimate of drug-likeness (QED) is 0.597. The first-order chi connectivity index (χ1) is 13.2. The van der Waals surface area contributed by atoms with Gasteiger partial charge in [0.05, 0.1) is 18.5 Å². The Hall–Kier alpha value is -2.76. The fraction of sp³-hybridized carbons (Fsp3) is 0.474. The lowest BCUT2D eigenvalue weighted by Gasteiger charge is -2.16. The van der Waals surface area contributed by atoms with Crippen molar-refractivity contribution in [3.63, 3.8) is 0 Å². The third-order valence-corrected chi connectivity index (χ3v) is 4.97. The summed E-state index contributed by atoms with van der Waals surface area (Å²) < 4.78 is 12.4. The maximum Gasteiger partial charge on any atom is 0.175 e. The summed E-state index contributed by atoms with van der Waals surface area (Å²) in [5, 5.41) is 4.49. The molecule has 0 saturated heterocycles. The first kappa shape index (κ1) is 19.0. The fourth-order valence-electron chi connectivity index (χ4n) is 3.53. The molecule has 0 amide bonds. The van der Waals surface area contributed by atoms with E-state index in [1.54, 1.807) is 31.3 Å². The molecule has 2 heterocycles. The van der Waals surface area contributed by atoms with Crippen molar-refractivity contribution < 1.29 is 9.47 Å². The van der Waals surface area contributed by atoms with Gasteiger partial charge in [0.25, 0.3) is 0 Å². The molecule has 1 fully saturated rings. The van der Waals surface area contributed by atoms with Gasteiger partial charge in [0.1, 0.15) is 12.1 Å². The van der Waals surface area contributed by atoms with Crippen molar-refractivity contribution in [1.82, 2.24) is 19.7 Å². The minimum Gasteiger partial charge on any atom is -0.383 e. The van der Waals surface area contributed by atoms with Crippen molar-refractivity contribution in [2.24, 2.45) is 5.92 Å². The number of rotatable bonds is 7. The molecular weight excluding hydrogens is 344 g/mol. The molecular formula is C19H24N6O2. The van der Waals surface area contributed by atoms with E-state index < -0.39 is 6.29 Å². The van der Waals surface area contributed by atoms with E-state index in [2.05, 4.69) is 19.9 Å². The second-order valence-electron chi connectivity index (χ2n) is 6.53. The molecule has 0 bridgehead atoms. The number of nitrogens with zero attached hydrogens (tertiary/aromatic N) is 5. The molecule has 0 atom stereocenters. The molecule has 1 aliphatic carbocycles. The highest BCUT2D eigenvalue weighted by Crippen LogP contribution is 2.34. The van der Waals surface area contributed by atoms with Crippen LogP contribution in [0.4, 0.5) is 5.82 Å². The summed E-state index contributed by atoms with van der Waals surface area (Å²) in [6.45, 7) is 7.24. The van der Waals surface area contributed by atoms with Crippen LogP contribution in [0.25, 0.3) is 21.8 Å². The number of allylic oxidation sites excluding steroid dienone is 1. The minimum atomic E-state index is -0.442. The zero-order valence-electron chi connectivity index (χ0n) is 15.6. The van der Waals surface area contributed by atoms with Crippen LogP contribution in [0.15, 0.2) is 24.9 Å². The molecule has 0 radical (unpaired) electrons. The van der Waals surface area contributed by atoms with Crippen molar-refractivity contribution in [2.75, 3.05) is 20.0 Å². The van der Waals surface area contributed by atoms with E-state index >= 15 is 0 Å². The number of ether oxygens (including phenoxy) is 2. The largest absolute Gasteiger partial charge is 0.383 e. The monoisotopic (exact) mass is 368 g/mol. The molecule has 2 aromatic heterocycles. The van der Waals surface area contributed by atoms with E-state index in [0.29, 0.717) is 23.9 Å². The third-order valence-electron chi connectivity index (χ3n) is 4.97. The average Bonchev–Trinajstić information content (AvgIpc) is 3.37. The van der Waals surface area contributed by atoms with Gasteiger partial charge in [-0.1, -0.05) is 12.8 Å². The number of hydrogen-bond donors (Lipinski definition) is 1. The van der Waals surface area contributed by atoms with Crippen LogP contribution >= 0.6 is 0 Å². The second-order valence-corrected chi connectivity index (χ2v) is 6.53. The summed E-state index contributed by atoms with van der Waals surface area (Å²) in [7, 11) is 3.16. The molecule has 1 aliphatic rings. The molecule has 3 rings (SSSR count). The zero-order valence-corrected chi connectivity index (χ0v) is 15.6. The van der Waals surface area contributed by atoms with E-state index in [1.165, 1.54) is 19.2 Å². The van der Waals surface area contributed by atoms with Gasteiger partial charge in [0.15, 0.2) is 12.5 Å².